The molecule has 0 aliphatic heterocycles. The van der Waals surface area contributed by atoms with Crippen molar-refractivity contribution in [3.8, 4) is 6.07 Å². The largest absolute Gasteiger partial charge is 0.198 e. The number of hydrogen-bond acceptors (Lipinski definition) is 1. The van der Waals surface area contributed by atoms with Crippen LogP contribution in [0.5, 0.6) is 0 Å². The summed E-state index contributed by atoms with van der Waals surface area (Å²) in [5.41, 5.74) is 0. The first kappa shape index (κ1) is 10.8. The van der Waals surface area contributed by atoms with Crippen LogP contribution in [0.1, 0.15) is 26.2 Å². The summed E-state index contributed by atoms with van der Waals surface area (Å²) in [5.74, 6) is 0. The van der Waals surface area contributed by atoms with Crippen molar-refractivity contribution in [1.29, 1.82) is 5.26 Å². The van der Waals surface area contributed by atoms with Crippen LogP contribution in [0, 0.1) is 11.3 Å². The molecule has 1 atom stereocenters. The van der Waals surface area contributed by atoms with Crippen LogP contribution >= 0.6 is 10.4 Å². The van der Waals surface area contributed by atoms with Gasteiger partial charge in [0.15, 0.2) is 0 Å². The maximum absolute atomic E-state index is 13.2. The lowest BCUT2D eigenvalue weighted by Crippen LogP contribution is -2.07. The van der Waals surface area contributed by atoms with Crippen molar-refractivity contribution < 1.29 is 3.89 Å². The highest BCUT2D eigenvalue weighted by Crippen LogP contribution is 2.48. The predicted octanol–water partition coefficient (Wildman–Crippen LogP) is 3.02. The Bertz CT molecular complexity index is 145. The standard InChI is InChI=1S/C8H16FNS/c1-8(11(2,3)9)6-4-5-7-10/h8H,4-6H2,1-3H3. The van der Waals surface area contributed by atoms with Crippen LogP contribution in [-0.4, -0.2) is 17.8 Å². The summed E-state index contributed by atoms with van der Waals surface area (Å²) in [6, 6.07) is 2.06. The van der Waals surface area contributed by atoms with Crippen LogP contribution in [0.2, 0.25) is 0 Å². The molecule has 0 bridgehead atoms. The van der Waals surface area contributed by atoms with Gasteiger partial charge in [-0.05, 0) is 25.4 Å². The molecule has 0 saturated heterocycles. The molecule has 0 aliphatic carbocycles. The van der Waals surface area contributed by atoms with Gasteiger partial charge in [-0.2, -0.15) is 9.15 Å². The van der Waals surface area contributed by atoms with Crippen LogP contribution in [0.3, 0.4) is 0 Å². The molecule has 11 heavy (non-hydrogen) atoms. The van der Waals surface area contributed by atoms with Crippen molar-refractivity contribution in [3.63, 3.8) is 0 Å². The Morgan fingerprint density at radius 2 is 2.09 bits per heavy atom. The minimum Gasteiger partial charge on any atom is -0.198 e. The number of nitrogens with zero attached hydrogens (tertiary/aromatic N) is 1. The van der Waals surface area contributed by atoms with E-state index in [1.165, 1.54) is 0 Å². The van der Waals surface area contributed by atoms with Gasteiger partial charge in [-0.1, -0.05) is 17.3 Å². The van der Waals surface area contributed by atoms with Gasteiger partial charge in [-0.25, -0.2) is 0 Å². The second-order valence-electron chi connectivity index (χ2n) is 3.14. The van der Waals surface area contributed by atoms with Gasteiger partial charge in [0.05, 0.1) is 6.07 Å². The lowest BCUT2D eigenvalue weighted by atomic mass is 10.2. The number of nitriles is 1. The van der Waals surface area contributed by atoms with Gasteiger partial charge in [-0.3, -0.25) is 0 Å². The van der Waals surface area contributed by atoms with E-state index in [9.17, 15) is 3.89 Å². The van der Waals surface area contributed by atoms with E-state index >= 15 is 0 Å². The van der Waals surface area contributed by atoms with Crippen molar-refractivity contribution in [3.05, 3.63) is 0 Å². The SMILES string of the molecule is CC(CCCC#N)S(C)(C)F. The first-order valence-electron chi connectivity index (χ1n) is 3.77. The predicted molar refractivity (Wildman–Crippen MR) is 49.5 cm³/mol. The lowest BCUT2D eigenvalue weighted by molar-refractivity contribution is 0.718. The third-order valence-electron chi connectivity index (χ3n) is 1.86. The Hall–Kier alpha value is -0.230. The molecular weight excluding hydrogens is 161 g/mol. The van der Waals surface area contributed by atoms with Gasteiger partial charge in [-0.15, -0.1) is 0 Å². The van der Waals surface area contributed by atoms with Crippen LogP contribution < -0.4 is 0 Å². The zero-order chi connectivity index (χ0) is 8.91. The summed E-state index contributed by atoms with van der Waals surface area (Å²) in [7, 11) is -1.89. The molecule has 0 fully saturated rings. The highest BCUT2D eigenvalue weighted by Gasteiger charge is 2.18. The van der Waals surface area contributed by atoms with Crippen molar-refractivity contribution in [2.24, 2.45) is 0 Å². The molecular formula is C8H16FNS. The summed E-state index contributed by atoms with van der Waals surface area (Å²) in [6.45, 7) is 1.92. The molecule has 0 spiro atoms. The van der Waals surface area contributed by atoms with Gasteiger partial charge in [0.2, 0.25) is 0 Å². The second-order valence-corrected chi connectivity index (χ2v) is 6.50. The fourth-order valence-electron chi connectivity index (χ4n) is 0.749. The normalized spacial score (nSPS) is 15.5. The summed E-state index contributed by atoms with van der Waals surface area (Å²) in [6.07, 6.45) is 5.57. The van der Waals surface area contributed by atoms with Gasteiger partial charge in [0.1, 0.15) is 0 Å². The molecule has 0 aromatic carbocycles. The quantitative estimate of drug-likeness (QED) is 0.605. The number of unbranched alkanes of at least 4 members (excludes halogenated alkanes) is 1. The summed E-state index contributed by atoms with van der Waals surface area (Å²) in [4.78, 5) is 0. The molecule has 0 rings (SSSR count). The smallest absolute Gasteiger partial charge is 0.0621 e. The molecule has 66 valence electrons. The molecule has 0 aromatic heterocycles. The monoisotopic (exact) mass is 177 g/mol. The first-order valence-corrected chi connectivity index (χ1v) is 6.18. The molecule has 1 unspecified atom stereocenters. The third-order valence-corrected chi connectivity index (χ3v) is 4.01. The number of hydrogen-bond donors (Lipinski definition) is 0. The van der Waals surface area contributed by atoms with E-state index in [4.69, 9.17) is 5.26 Å². The second kappa shape index (κ2) is 4.61. The molecule has 0 amide bonds. The Morgan fingerprint density at radius 3 is 2.45 bits per heavy atom. The van der Waals surface area contributed by atoms with E-state index in [2.05, 4.69) is 6.07 Å². The number of rotatable bonds is 4. The Kier molecular flexibility index (Phi) is 4.51. The molecule has 0 saturated carbocycles. The van der Waals surface area contributed by atoms with Crippen LogP contribution in [0.15, 0.2) is 0 Å². The van der Waals surface area contributed by atoms with E-state index < -0.39 is 10.4 Å². The average Bonchev–Trinajstić information content (AvgIpc) is 1.86. The highest BCUT2D eigenvalue weighted by atomic mass is 32.3. The summed E-state index contributed by atoms with van der Waals surface area (Å²) < 4.78 is 13.2. The maximum Gasteiger partial charge on any atom is 0.0621 e. The van der Waals surface area contributed by atoms with E-state index in [0.29, 0.717) is 6.42 Å². The Balaban J connectivity index is 3.55. The van der Waals surface area contributed by atoms with Gasteiger partial charge in [0.25, 0.3) is 0 Å². The minimum atomic E-state index is -1.89. The maximum atomic E-state index is 13.2. The molecule has 1 nitrogen and oxygen atoms in total. The average molecular weight is 177 g/mol. The van der Waals surface area contributed by atoms with Crippen molar-refractivity contribution in [2.45, 2.75) is 31.4 Å². The van der Waals surface area contributed by atoms with Gasteiger partial charge >= 0.3 is 0 Å². The molecule has 0 heterocycles. The van der Waals surface area contributed by atoms with E-state index in [-0.39, 0.29) is 5.25 Å². The van der Waals surface area contributed by atoms with E-state index in [0.717, 1.165) is 12.8 Å². The zero-order valence-electron chi connectivity index (χ0n) is 7.43. The van der Waals surface area contributed by atoms with Crippen molar-refractivity contribution in [1.82, 2.24) is 0 Å². The van der Waals surface area contributed by atoms with Crippen molar-refractivity contribution in [2.75, 3.05) is 12.5 Å². The van der Waals surface area contributed by atoms with Crippen LogP contribution in [0.25, 0.3) is 0 Å². The van der Waals surface area contributed by atoms with E-state index in [1.807, 2.05) is 6.92 Å². The highest BCUT2D eigenvalue weighted by molar-refractivity contribution is 8.28. The van der Waals surface area contributed by atoms with Crippen molar-refractivity contribution >= 4 is 10.4 Å². The molecule has 0 radical (unpaired) electrons. The molecule has 0 aliphatic rings. The van der Waals surface area contributed by atoms with E-state index in [1.54, 1.807) is 12.5 Å². The molecule has 3 heteroatoms. The third kappa shape index (κ3) is 5.09. The van der Waals surface area contributed by atoms with Gasteiger partial charge < -0.3 is 0 Å². The van der Waals surface area contributed by atoms with Gasteiger partial charge in [0, 0.05) is 11.7 Å². The topological polar surface area (TPSA) is 23.8 Å². The van der Waals surface area contributed by atoms with Crippen LogP contribution in [-0.2, 0) is 0 Å². The number of halogens is 1. The Morgan fingerprint density at radius 1 is 1.55 bits per heavy atom. The Labute approximate surface area is 70.2 Å². The minimum absolute atomic E-state index is 0.135. The fourth-order valence-corrected chi connectivity index (χ4v) is 1.48. The lowest BCUT2D eigenvalue weighted by Gasteiger charge is -2.27. The zero-order valence-corrected chi connectivity index (χ0v) is 8.25. The fraction of sp³-hybridized carbons (Fsp3) is 0.875. The summed E-state index contributed by atoms with van der Waals surface area (Å²) in [5, 5.41) is 8.38. The van der Waals surface area contributed by atoms with Crippen LogP contribution in [0.4, 0.5) is 3.89 Å². The molecule has 0 N–H and O–H groups in total. The first-order chi connectivity index (χ1) is 4.98. The molecule has 0 aromatic rings. The summed E-state index contributed by atoms with van der Waals surface area (Å²) >= 11 is 0.